The van der Waals surface area contributed by atoms with E-state index in [2.05, 4.69) is 15.9 Å². The Morgan fingerprint density at radius 1 is 1.19 bits per heavy atom. The topological polar surface area (TPSA) is 44.8 Å². The van der Waals surface area contributed by atoms with E-state index in [1.54, 1.807) is 6.07 Å². The number of hydrogen-bond acceptors (Lipinski definition) is 4. The molecule has 4 nitrogen and oxygen atoms in total. The van der Waals surface area contributed by atoms with Gasteiger partial charge in [-0.1, -0.05) is 15.9 Å². The molecular formula is C15H20BBrO4. The van der Waals surface area contributed by atoms with Gasteiger partial charge in [0.05, 0.1) is 23.9 Å². The molecule has 0 amide bonds. The van der Waals surface area contributed by atoms with Gasteiger partial charge in [0.1, 0.15) is 0 Å². The van der Waals surface area contributed by atoms with Crippen LogP contribution in [0.1, 0.15) is 43.6 Å². The molecule has 0 unspecified atom stereocenters. The SMILES string of the molecule is COC(=O)c1cc(B2OC(C)(C)C(C)(C)O2)cc(Br)c1C. The fourth-order valence-electron chi connectivity index (χ4n) is 2.14. The summed E-state index contributed by atoms with van der Waals surface area (Å²) in [5, 5.41) is 0. The van der Waals surface area contributed by atoms with Crippen molar-refractivity contribution < 1.29 is 18.8 Å². The predicted molar refractivity (Wildman–Crippen MR) is 85.9 cm³/mol. The van der Waals surface area contributed by atoms with Crippen LogP contribution in [0.2, 0.25) is 0 Å². The van der Waals surface area contributed by atoms with Crippen LogP contribution in [0.5, 0.6) is 0 Å². The maximum absolute atomic E-state index is 11.9. The Labute approximate surface area is 134 Å². The van der Waals surface area contributed by atoms with Crippen molar-refractivity contribution in [3.8, 4) is 0 Å². The second-order valence-electron chi connectivity index (χ2n) is 6.26. The first kappa shape index (κ1) is 16.5. The van der Waals surface area contributed by atoms with Crippen molar-refractivity contribution in [2.24, 2.45) is 0 Å². The van der Waals surface area contributed by atoms with Crippen molar-refractivity contribution in [2.75, 3.05) is 7.11 Å². The van der Waals surface area contributed by atoms with Crippen LogP contribution in [0.4, 0.5) is 0 Å². The number of rotatable bonds is 2. The number of benzene rings is 1. The lowest BCUT2D eigenvalue weighted by atomic mass is 9.78. The van der Waals surface area contributed by atoms with Crippen LogP contribution in [0.25, 0.3) is 0 Å². The van der Waals surface area contributed by atoms with Gasteiger partial charge in [-0.05, 0) is 57.8 Å². The van der Waals surface area contributed by atoms with E-state index in [1.807, 2.05) is 40.7 Å². The number of esters is 1. The van der Waals surface area contributed by atoms with Crippen LogP contribution in [-0.2, 0) is 14.0 Å². The Kier molecular flexibility index (Phi) is 4.26. The lowest BCUT2D eigenvalue weighted by Crippen LogP contribution is -2.41. The molecule has 0 spiro atoms. The number of hydrogen-bond donors (Lipinski definition) is 0. The average Bonchev–Trinajstić information content (AvgIpc) is 2.60. The number of carbonyl (C=O) groups excluding carboxylic acids is 1. The van der Waals surface area contributed by atoms with E-state index in [1.165, 1.54) is 7.11 Å². The summed E-state index contributed by atoms with van der Waals surface area (Å²) < 4.78 is 17.7. The Balaban J connectivity index is 2.43. The molecule has 0 atom stereocenters. The van der Waals surface area contributed by atoms with Crippen molar-refractivity contribution in [3.63, 3.8) is 0 Å². The molecule has 1 aliphatic heterocycles. The third-order valence-corrected chi connectivity index (χ3v) is 5.12. The van der Waals surface area contributed by atoms with Crippen molar-refractivity contribution in [2.45, 2.75) is 45.8 Å². The van der Waals surface area contributed by atoms with Crippen LogP contribution >= 0.6 is 15.9 Å². The summed E-state index contributed by atoms with van der Waals surface area (Å²) in [6.45, 7) is 9.86. The van der Waals surface area contributed by atoms with Crippen LogP contribution in [0.15, 0.2) is 16.6 Å². The molecular weight excluding hydrogens is 335 g/mol. The summed E-state index contributed by atoms with van der Waals surface area (Å²) in [5.74, 6) is -0.369. The van der Waals surface area contributed by atoms with Crippen LogP contribution < -0.4 is 5.46 Å². The van der Waals surface area contributed by atoms with Gasteiger partial charge >= 0.3 is 13.1 Å². The summed E-state index contributed by atoms with van der Waals surface area (Å²) in [7, 11) is 0.868. The van der Waals surface area contributed by atoms with E-state index in [9.17, 15) is 4.79 Å². The summed E-state index contributed by atoms with van der Waals surface area (Å²) >= 11 is 3.48. The Morgan fingerprint density at radius 3 is 2.19 bits per heavy atom. The largest absolute Gasteiger partial charge is 0.494 e. The standard InChI is InChI=1S/C15H20BBrO4/c1-9-11(13(18)19-6)7-10(8-12(9)17)16-20-14(2,3)15(4,5)21-16/h7-8H,1-6H3. The zero-order valence-electron chi connectivity index (χ0n) is 13.2. The van der Waals surface area contributed by atoms with Crippen molar-refractivity contribution in [3.05, 3.63) is 27.7 Å². The van der Waals surface area contributed by atoms with E-state index < -0.39 is 18.3 Å². The zero-order valence-corrected chi connectivity index (χ0v) is 14.8. The quantitative estimate of drug-likeness (QED) is 0.605. The fraction of sp³-hybridized carbons (Fsp3) is 0.533. The normalized spacial score (nSPS) is 19.7. The van der Waals surface area contributed by atoms with E-state index in [-0.39, 0.29) is 5.97 Å². The monoisotopic (exact) mass is 354 g/mol. The van der Waals surface area contributed by atoms with Gasteiger partial charge in [-0.25, -0.2) is 4.79 Å². The first-order valence-electron chi connectivity index (χ1n) is 6.83. The van der Waals surface area contributed by atoms with Gasteiger partial charge in [-0.2, -0.15) is 0 Å². The third-order valence-electron chi connectivity index (χ3n) is 4.30. The Bertz CT molecular complexity index is 567. The van der Waals surface area contributed by atoms with Gasteiger partial charge in [0, 0.05) is 4.47 Å². The van der Waals surface area contributed by atoms with Gasteiger partial charge in [0.15, 0.2) is 0 Å². The summed E-state index contributed by atoms with van der Waals surface area (Å²) in [5.41, 5.74) is 1.31. The molecule has 0 N–H and O–H groups in total. The number of ether oxygens (including phenoxy) is 1. The molecule has 6 heteroatoms. The van der Waals surface area contributed by atoms with E-state index in [0.29, 0.717) is 5.56 Å². The highest BCUT2D eigenvalue weighted by atomic mass is 79.9. The van der Waals surface area contributed by atoms with Crippen molar-refractivity contribution in [1.82, 2.24) is 0 Å². The number of carbonyl (C=O) groups is 1. The third kappa shape index (κ3) is 2.89. The minimum absolute atomic E-state index is 0.369. The molecule has 114 valence electrons. The molecule has 1 aromatic rings. The van der Waals surface area contributed by atoms with Crippen molar-refractivity contribution >= 4 is 34.5 Å². The molecule has 1 aromatic carbocycles. The summed E-state index contributed by atoms with van der Waals surface area (Å²) in [4.78, 5) is 11.9. The second-order valence-corrected chi connectivity index (χ2v) is 7.11. The molecule has 1 fully saturated rings. The van der Waals surface area contributed by atoms with E-state index in [4.69, 9.17) is 14.0 Å². The van der Waals surface area contributed by atoms with Crippen LogP contribution in [-0.4, -0.2) is 31.4 Å². The first-order chi connectivity index (χ1) is 9.59. The molecule has 1 heterocycles. The highest BCUT2D eigenvalue weighted by molar-refractivity contribution is 9.10. The van der Waals surface area contributed by atoms with Gasteiger partial charge in [0.25, 0.3) is 0 Å². The summed E-state index contributed by atoms with van der Waals surface area (Å²) in [6, 6.07) is 3.69. The lowest BCUT2D eigenvalue weighted by molar-refractivity contribution is 0.00578. The minimum atomic E-state index is -0.504. The zero-order chi connectivity index (χ0) is 16.0. The van der Waals surface area contributed by atoms with Gasteiger partial charge in [-0.15, -0.1) is 0 Å². The lowest BCUT2D eigenvalue weighted by Gasteiger charge is -2.32. The maximum Gasteiger partial charge on any atom is 0.494 e. The molecule has 0 bridgehead atoms. The smallest absolute Gasteiger partial charge is 0.465 e. The van der Waals surface area contributed by atoms with E-state index in [0.717, 1.165) is 15.5 Å². The highest BCUT2D eigenvalue weighted by Crippen LogP contribution is 2.36. The van der Waals surface area contributed by atoms with Crippen molar-refractivity contribution in [1.29, 1.82) is 0 Å². The molecule has 0 radical (unpaired) electrons. The van der Waals surface area contributed by atoms with Gasteiger partial charge < -0.3 is 14.0 Å². The molecule has 1 aliphatic rings. The van der Waals surface area contributed by atoms with Gasteiger partial charge in [0.2, 0.25) is 0 Å². The minimum Gasteiger partial charge on any atom is -0.465 e. The maximum atomic E-state index is 11.9. The molecule has 1 saturated heterocycles. The Hall–Kier alpha value is -0.845. The molecule has 0 aromatic heterocycles. The number of halogens is 1. The Morgan fingerprint density at radius 2 is 1.71 bits per heavy atom. The molecule has 2 rings (SSSR count). The number of methoxy groups -OCH3 is 1. The first-order valence-corrected chi connectivity index (χ1v) is 7.62. The second kappa shape index (κ2) is 5.41. The van der Waals surface area contributed by atoms with Crippen LogP contribution in [0.3, 0.4) is 0 Å². The highest BCUT2D eigenvalue weighted by Gasteiger charge is 2.51. The fourth-order valence-corrected chi connectivity index (χ4v) is 2.61. The van der Waals surface area contributed by atoms with Crippen LogP contribution in [0, 0.1) is 6.92 Å². The predicted octanol–water partition coefficient (Wildman–Crippen LogP) is 2.84. The molecule has 0 aliphatic carbocycles. The molecule has 21 heavy (non-hydrogen) atoms. The van der Waals surface area contributed by atoms with Gasteiger partial charge in [-0.3, -0.25) is 0 Å². The molecule has 0 saturated carbocycles. The average molecular weight is 355 g/mol. The summed E-state index contributed by atoms with van der Waals surface area (Å²) in [6.07, 6.45) is 0. The van der Waals surface area contributed by atoms with E-state index >= 15 is 0 Å².